The summed E-state index contributed by atoms with van der Waals surface area (Å²) in [5.41, 5.74) is -0.0861. The van der Waals surface area contributed by atoms with Gasteiger partial charge in [0.25, 0.3) is 0 Å². The molecule has 54 heavy (non-hydrogen) atoms. The van der Waals surface area contributed by atoms with Crippen molar-refractivity contribution in [2.75, 3.05) is 0 Å². The Balaban J connectivity index is 0.977. The molecule has 11 rings (SSSR count). The van der Waals surface area contributed by atoms with Crippen molar-refractivity contribution in [1.29, 1.82) is 0 Å². The molecule has 298 valence electrons. The molecule has 2 saturated carbocycles. The van der Waals surface area contributed by atoms with Crippen LogP contribution >= 0.6 is 0 Å². The van der Waals surface area contributed by atoms with Gasteiger partial charge in [-0.2, -0.15) is 0 Å². The first-order chi connectivity index (χ1) is 25.7. The summed E-state index contributed by atoms with van der Waals surface area (Å²) < 4.78 is 26.9. The maximum absolute atomic E-state index is 12.4. The Morgan fingerprint density at radius 2 is 1.02 bits per heavy atom. The zero-order valence-corrected chi connectivity index (χ0v) is 32.5. The normalized spacial score (nSPS) is 49.0. The zero-order chi connectivity index (χ0) is 37.9. The largest absolute Gasteiger partial charge is 0.478 e. The van der Waals surface area contributed by atoms with Gasteiger partial charge in [0.05, 0.1) is 23.3 Å². The van der Waals surface area contributed by atoms with Gasteiger partial charge < -0.3 is 29.2 Å². The highest BCUT2D eigenvalue weighted by Crippen LogP contribution is 2.62. The fourth-order valence-electron chi connectivity index (χ4n) is 12.7. The zero-order valence-electron chi connectivity index (χ0n) is 32.5. The molecule has 12 nitrogen and oxygen atoms in total. The fourth-order valence-corrected chi connectivity index (χ4v) is 12.7. The third-order valence-corrected chi connectivity index (χ3v) is 15.8. The standard InChI is InChI=1S/C42H58O12/c1-21-7-11-31-23(3)33(47-37-41(31)29(21)15-17-39(5,49-37)51-53-41)13-9-25-19-27(35(43)44)28(36(45)46)20-26(25)10-14-34-24(4)32-12-8-22(2)30-16-18-40(6)50-38(48-34)42(30,32)54-52-40/h19-24,29-34,37-38H,7-18H2,1-6H3,(H,43,44)(H,45,46)/t21-,22-,23-,24-,29+,30+,31+,32+,33-,34-,37-,38-,39+,40+,41-,42-/m1/s1. The molecule has 0 aromatic heterocycles. The van der Waals surface area contributed by atoms with Crippen LogP contribution in [0.2, 0.25) is 0 Å². The molecule has 8 saturated heterocycles. The Labute approximate surface area is 317 Å². The minimum atomic E-state index is -1.26. The molecule has 2 spiro atoms. The molecule has 0 amide bonds. The second-order valence-electron chi connectivity index (χ2n) is 18.7. The second-order valence-corrected chi connectivity index (χ2v) is 18.7. The molecular formula is C42H58O12. The molecule has 8 aliphatic heterocycles. The number of carbonyl (C=O) groups is 2. The van der Waals surface area contributed by atoms with Crippen molar-refractivity contribution >= 4 is 11.9 Å². The fraction of sp³-hybridized carbons (Fsp3) is 0.810. The number of aromatic carboxylic acids is 2. The topological polar surface area (TPSA) is 148 Å². The van der Waals surface area contributed by atoms with Crippen LogP contribution in [0.25, 0.3) is 0 Å². The highest BCUT2D eigenvalue weighted by atomic mass is 17.3. The van der Waals surface area contributed by atoms with E-state index in [1.165, 1.54) is 0 Å². The first kappa shape index (κ1) is 37.4. The van der Waals surface area contributed by atoms with Gasteiger partial charge in [-0.15, -0.1) is 0 Å². The predicted molar refractivity (Wildman–Crippen MR) is 191 cm³/mol. The molecule has 16 atom stereocenters. The van der Waals surface area contributed by atoms with Gasteiger partial charge >= 0.3 is 11.9 Å². The van der Waals surface area contributed by atoms with Crippen LogP contribution in [0.3, 0.4) is 0 Å². The van der Waals surface area contributed by atoms with Gasteiger partial charge in [0.15, 0.2) is 23.8 Å². The minimum absolute atomic E-state index is 0.139. The summed E-state index contributed by atoms with van der Waals surface area (Å²) >= 11 is 0. The summed E-state index contributed by atoms with van der Waals surface area (Å²) in [6, 6.07) is 3.15. The predicted octanol–water partition coefficient (Wildman–Crippen LogP) is 7.45. The summed E-state index contributed by atoms with van der Waals surface area (Å²) in [7, 11) is 0. The lowest BCUT2D eigenvalue weighted by Crippen LogP contribution is -2.70. The molecule has 0 unspecified atom stereocenters. The Hall–Kier alpha value is -2.16. The van der Waals surface area contributed by atoms with Crippen LogP contribution < -0.4 is 0 Å². The van der Waals surface area contributed by atoms with E-state index in [-0.39, 0.29) is 58.8 Å². The van der Waals surface area contributed by atoms with Crippen LogP contribution in [0, 0.1) is 47.3 Å². The number of benzene rings is 1. The van der Waals surface area contributed by atoms with Gasteiger partial charge in [0.2, 0.25) is 11.6 Å². The maximum Gasteiger partial charge on any atom is 0.336 e. The molecule has 2 aliphatic carbocycles. The van der Waals surface area contributed by atoms with Crippen molar-refractivity contribution in [3.63, 3.8) is 0 Å². The number of ether oxygens (including phenoxy) is 4. The van der Waals surface area contributed by atoms with Gasteiger partial charge in [-0.3, -0.25) is 0 Å². The number of carboxylic acid groups (broad SMARTS) is 2. The van der Waals surface area contributed by atoms with Crippen LogP contribution in [0.1, 0.15) is 138 Å². The first-order valence-electron chi connectivity index (χ1n) is 20.7. The molecule has 12 heteroatoms. The van der Waals surface area contributed by atoms with E-state index in [1.54, 1.807) is 12.1 Å². The number of hydrogen-bond acceptors (Lipinski definition) is 10. The summed E-state index contributed by atoms with van der Waals surface area (Å²) in [5, 5.41) is 20.3. The molecule has 1 aromatic rings. The quantitative estimate of drug-likeness (QED) is 0.254. The third-order valence-electron chi connectivity index (χ3n) is 15.8. The van der Waals surface area contributed by atoms with E-state index >= 15 is 0 Å². The van der Waals surface area contributed by atoms with E-state index in [0.717, 1.165) is 62.5 Å². The van der Waals surface area contributed by atoms with Crippen LogP contribution in [0.4, 0.5) is 0 Å². The summed E-state index contributed by atoms with van der Waals surface area (Å²) in [5.74, 6) is -2.14. The van der Waals surface area contributed by atoms with Gasteiger partial charge in [0.1, 0.15) is 0 Å². The molecule has 0 radical (unpaired) electrons. The van der Waals surface area contributed by atoms with Gasteiger partial charge in [-0.1, -0.05) is 27.7 Å². The number of aryl methyl sites for hydroxylation is 2. The smallest absolute Gasteiger partial charge is 0.336 e. The van der Waals surface area contributed by atoms with Crippen molar-refractivity contribution in [3.8, 4) is 0 Å². The van der Waals surface area contributed by atoms with Gasteiger partial charge in [-0.05, 0) is 137 Å². The van der Waals surface area contributed by atoms with Gasteiger partial charge in [0, 0.05) is 24.7 Å². The number of hydrogen-bond donors (Lipinski definition) is 2. The number of fused-ring (bicyclic) bond motifs is 4. The van der Waals surface area contributed by atoms with E-state index in [9.17, 15) is 19.8 Å². The van der Waals surface area contributed by atoms with Gasteiger partial charge in [-0.25, -0.2) is 29.1 Å². The lowest BCUT2D eigenvalue weighted by molar-refractivity contribution is -0.571. The van der Waals surface area contributed by atoms with Crippen molar-refractivity contribution in [2.45, 2.75) is 166 Å². The van der Waals surface area contributed by atoms with Crippen molar-refractivity contribution in [1.82, 2.24) is 0 Å². The average molecular weight is 755 g/mol. The summed E-state index contributed by atoms with van der Waals surface area (Å²) in [6.45, 7) is 12.9. The Bertz CT molecular complexity index is 1550. The second kappa shape index (κ2) is 13.2. The lowest BCUT2D eigenvalue weighted by Gasteiger charge is -2.60. The Kier molecular flexibility index (Phi) is 9.14. The SMILES string of the molecule is C[C@H]1[C@@H](CCc2cc(C(=O)O)c(C(=O)O)cc2CC[C@H]2O[C@@H]3O[C@]4(C)CC[C@H]5[C@H](C)CC[C@@H]([C@H]2C)[C@@]35OO4)O[C@@H]2O[C@]3(C)CC[C@H]4[C@H](C)CC[C@@H]1[C@@]24OO3. The molecule has 8 heterocycles. The minimum Gasteiger partial charge on any atom is -0.478 e. The van der Waals surface area contributed by atoms with E-state index in [0.29, 0.717) is 37.5 Å². The molecular weight excluding hydrogens is 696 g/mol. The highest BCUT2D eigenvalue weighted by Gasteiger charge is 2.70. The molecule has 10 aliphatic rings. The van der Waals surface area contributed by atoms with Crippen molar-refractivity contribution in [3.05, 3.63) is 34.4 Å². The molecule has 4 bridgehead atoms. The molecule has 1 aromatic carbocycles. The number of carboxylic acids is 2. The number of rotatable bonds is 8. The maximum atomic E-state index is 12.4. The first-order valence-corrected chi connectivity index (χ1v) is 20.7. The Morgan fingerprint density at radius 1 is 0.611 bits per heavy atom. The van der Waals surface area contributed by atoms with E-state index in [4.69, 9.17) is 38.5 Å². The highest BCUT2D eigenvalue weighted by molar-refractivity contribution is 6.02. The van der Waals surface area contributed by atoms with Crippen LogP contribution in [-0.2, 0) is 51.3 Å². The lowest BCUT2D eigenvalue weighted by atomic mass is 9.57. The van der Waals surface area contributed by atoms with E-state index < -0.39 is 47.3 Å². The molecule has 10 fully saturated rings. The summed E-state index contributed by atoms with van der Waals surface area (Å²) in [4.78, 5) is 49.6. The monoisotopic (exact) mass is 754 g/mol. The van der Waals surface area contributed by atoms with E-state index in [1.807, 2.05) is 13.8 Å². The van der Waals surface area contributed by atoms with Crippen molar-refractivity contribution < 1.29 is 58.3 Å². The average Bonchev–Trinajstić information content (AvgIpc) is 3.51. The van der Waals surface area contributed by atoms with Crippen LogP contribution in [-0.4, -0.2) is 69.7 Å². The third kappa shape index (κ3) is 5.59. The van der Waals surface area contributed by atoms with Crippen LogP contribution in [0.15, 0.2) is 12.1 Å². The van der Waals surface area contributed by atoms with Crippen LogP contribution in [0.5, 0.6) is 0 Å². The molecule has 2 N–H and O–H groups in total. The van der Waals surface area contributed by atoms with Crippen molar-refractivity contribution in [2.24, 2.45) is 47.3 Å². The van der Waals surface area contributed by atoms with E-state index in [2.05, 4.69) is 27.7 Å². The summed E-state index contributed by atoms with van der Waals surface area (Å²) in [6.07, 6.45) is 8.42. The Morgan fingerprint density at radius 3 is 1.41 bits per heavy atom.